The summed E-state index contributed by atoms with van der Waals surface area (Å²) in [4.78, 5) is 11.4. The number of thiophene rings is 1. The van der Waals surface area contributed by atoms with Gasteiger partial charge in [-0.15, -0.1) is 11.3 Å². The molecule has 2 unspecified atom stereocenters. The third-order valence-electron chi connectivity index (χ3n) is 4.40. The van der Waals surface area contributed by atoms with E-state index in [2.05, 4.69) is 31.6 Å². The fraction of sp³-hybridized carbons (Fsp3) is 0.571. The SMILES string of the molecule is c1nc(NC2CCN3CCCC3C2)c2sccc2n1. The third-order valence-corrected chi connectivity index (χ3v) is 5.31. The Hall–Kier alpha value is -1.20. The van der Waals surface area contributed by atoms with Gasteiger partial charge in [-0.25, -0.2) is 9.97 Å². The molecule has 1 N–H and O–H groups in total. The van der Waals surface area contributed by atoms with Crippen LogP contribution in [-0.4, -0.2) is 40.0 Å². The fourth-order valence-corrected chi connectivity index (χ4v) is 4.24. The van der Waals surface area contributed by atoms with E-state index in [0.29, 0.717) is 6.04 Å². The van der Waals surface area contributed by atoms with Crippen molar-refractivity contribution < 1.29 is 0 Å². The van der Waals surface area contributed by atoms with Crippen LogP contribution in [0.4, 0.5) is 5.82 Å². The highest BCUT2D eigenvalue weighted by molar-refractivity contribution is 7.17. The summed E-state index contributed by atoms with van der Waals surface area (Å²) in [7, 11) is 0. The molecule has 0 aromatic carbocycles. The molecular weight excluding hydrogens is 256 g/mol. The minimum absolute atomic E-state index is 0.569. The maximum absolute atomic E-state index is 4.43. The molecule has 0 saturated carbocycles. The number of piperidine rings is 1. The van der Waals surface area contributed by atoms with Gasteiger partial charge in [-0.1, -0.05) is 0 Å². The molecule has 0 spiro atoms. The predicted octanol–water partition coefficient (Wildman–Crippen LogP) is 2.73. The van der Waals surface area contributed by atoms with Crippen molar-refractivity contribution in [3.05, 3.63) is 17.8 Å². The number of nitrogens with zero attached hydrogens (tertiary/aromatic N) is 3. The lowest BCUT2D eigenvalue weighted by atomic mass is 9.97. The van der Waals surface area contributed by atoms with Gasteiger partial charge in [-0.2, -0.15) is 0 Å². The van der Waals surface area contributed by atoms with E-state index in [0.717, 1.165) is 17.4 Å². The summed E-state index contributed by atoms with van der Waals surface area (Å²) in [5.74, 6) is 1.02. The molecule has 0 aliphatic carbocycles. The number of hydrogen-bond acceptors (Lipinski definition) is 5. The molecule has 19 heavy (non-hydrogen) atoms. The van der Waals surface area contributed by atoms with Gasteiger partial charge in [0.2, 0.25) is 0 Å². The Labute approximate surface area is 116 Å². The number of anilines is 1. The molecule has 2 saturated heterocycles. The first-order chi connectivity index (χ1) is 9.40. The number of hydrogen-bond donors (Lipinski definition) is 1. The molecule has 4 nitrogen and oxygen atoms in total. The van der Waals surface area contributed by atoms with Gasteiger partial charge in [0.15, 0.2) is 0 Å². The van der Waals surface area contributed by atoms with Crippen LogP contribution in [0.3, 0.4) is 0 Å². The van der Waals surface area contributed by atoms with Crippen molar-refractivity contribution in [2.24, 2.45) is 0 Å². The first-order valence-corrected chi connectivity index (χ1v) is 7.97. The molecule has 100 valence electrons. The Morgan fingerprint density at radius 1 is 1.26 bits per heavy atom. The van der Waals surface area contributed by atoms with Gasteiger partial charge >= 0.3 is 0 Å². The van der Waals surface area contributed by atoms with E-state index in [-0.39, 0.29) is 0 Å². The Kier molecular flexibility index (Phi) is 2.89. The molecular formula is C14H18N4S. The summed E-state index contributed by atoms with van der Waals surface area (Å²) in [5.41, 5.74) is 1.06. The molecule has 0 amide bonds. The molecule has 0 radical (unpaired) electrons. The summed E-state index contributed by atoms with van der Waals surface area (Å²) in [6, 6.07) is 3.43. The highest BCUT2D eigenvalue weighted by atomic mass is 32.1. The quantitative estimate of drug-likeness (QED) is 0.914. The Bertz CT molecular complexity index is 582. The Morgan fingerprint density at radius 2 is 2.26 bits per heavy atom. The van der Waals surface area contributed by atoms with Crippen LogP contribution in [-0.2, 0) is 0 Å². The molecule has 2 fully saturated rings. The predicted molar refractivity (Wildman–Crippen MR) is 78.7 cm³/mol. The van der Waals surface area contributed by atoms with E-state index < -0.39 is 0 Å². The maximum atomic E-state index is 4.43. The van der Waals surface area contributed by atoms with Crippen molar-refractivity contribution in [3.8, 4) is 0 Å². The summed E-state index contributed by atoms with van der Waals surface area (Å²) in [5, 5.41) is 5.74. The van der Waals surface area contributed by atoms with Gasteiger partial charge in [0.25, 0.3) is 0 Å². The van der Waals surface area contributed by atoms with Gasteiger partial charge < -0.3 is 10.2 Å². The van der Waals surface area contributed by atoms with Crippen LogP contribution in [0.15, 0.2) is 17.8 Å². The van der Waals surface area contributed by atoms with Crippen molar-refractivity contribution in [1.82, 2.24) is 14.9 Å². The second-order valence-electron chi connectivity index (χ2n) is 5.55. The second-order valence-corrected chi connectivity index (χ2v) is 6.47. The van der Waals surface area contributed by atoms with Crippen LogP contribution in [0.2, 0.25) is 0 Å². The smallest absolute Gasteiger partial charge is 0.147 e. The van der Waals surface area contributed by atoms with Gasteiger partial charge in [0.05, 0.1) is 10.2 Å². The van der Waals surface area contributed by atoms with E-state index in [1.807, 2.05) is 0 Å². The molecule has 4 rings (SSSR count). The number of nitrogens with one attached hydrogen (secondary N) is 1. The van der Waals surface area contributed by atoms with Crippen molar-refractivity contribution in [1.29, 1.82) is 0 Å². The van der Waals surface area contributed by atoms with Crippen LogP contribution >= 0.6 is 11.3 Å². The summed E-state index contributed by atoms with van der Waals surface area (Å²) < 4.78 is 1.19. The standard InChI is InChI=1S/C14H18N4S/c1-2-11-8-10(3-6-18(11)5-1)17-14-13-12(4-7-19-13)15-9-16-14/h4,7,9-11H,1-3,5-6,8H2,(H,15,16,17). The lowest BCUT2D eigenvalue weighted by Gasteiger charge is -2.35. The monoisotopic (exact) mass is 274 g/mol. The van der Waals surface area contributed by atoms with E-state index in [1.165, 1.54) is 43.5 Å². The van der Waals surface area contributed by atoms with Crippen molar-refractivity contribution in [3.63, 3.8) is 0 Å². The van der Waals surface area contributed by atoms with Crippen molar-refractivity contribution in [2.75, 3.05) is 18.4 Å². The largest absolute Gasteiger partial charge is 0.366 e. The van der Waals surface area contributed by atoms with Crippen LogP contribution in [0.25, 0.3) is 10.2 Å². The van der Waals surface area contributed by atoms with E-state index >= 15 is 0 Å². The van der Waals surface area contributed by atoms with Crippen LogP contribution in [0.5, 0.6) is 0 Å². The first-order valence-electron chi connectivity index (χ1n) is 7.09. The topological polar surface area (TPSA) is 41.1 Å². The van der Waals surface area contributed by atoms with Crippen LogP contribution < -0.4 is 5.32 Å². The number of rotatable bonds is 2. The molecule has 4 heterocycles. The normalized spacial score (nSPS) is 27.6. The first kappa shape index (κ1) is 11.6. The highest BCUT2D eigenvalue weighted by Crippen LogP contribution is 2.30. The zero-order chi connectivity index (χ0) is 12.7. The van der Waals surface area contributed by atoms with E-state index in [9.17, 15) is 0 Å². The maximum Gasteiger partial charge on any atom is 0.147 e. The molecule has 2 aliphatic rings. The lowest BCUT2D eigenvalue weighted by molar-refractivity contribution is 0.188. The molecule has 0 bridgehead atoms. The van der Waals surface area contributed by atoms with Crippen molar-refractivity contribution >= 4 is 27.4 Å². The molecule has 2 aromatic heterocycles. The minimum atomic E-state index is 0.569. The second kappa shape index (κ2) is 4.72. The third kappa shape index (κ3) is 2.11. The van der Waals surface area contributed by atoms with Crippen LogP contribution in [0, 0.1) is 0 Å². The van der Waals surface area contributed by atoms with Gasteiger partial charge in [0.1, 0.15) is 12.1 Å². The molecule has 2 aliphatic heterocycles. The van der Waals surface area contributed by atoms with Gasteiger partial charge in [-0.3, -0.25) is 0 Å². The zero-order valence-corrected chi connectivity index (χ0v) is 11.7. The van der Waals surface area contributed by atoms with Gasteiger partial charge in [0, 0.05) is 18.6 Å². The van der Waals surface area contributed by atoms with E-state index in [4.69, 9.17) is 0 Å². The Balaban J connectivity index is 1.53. The highest BCUT2D eigenvalue weighted by Gasteiger charge is 2.31. The number of aromatic nitrogens is 2. The Morgan fingerprint density at radius 3 is 3.26 bits per heavy atom. The molecule has 2 aromatic rings. The zero-order valence-electron chi connectivity index (χ0n) is 10.9. The summed E-state index contributed by atoms with van der Waals surface area (Å²) in [6.07, 6.45) is 6.91. The average molecular weight is 274 g/mol. The fourth-order valence-electron chi connectivity index (χ4n) is 3.44. The van der Waals surface area contributed by atoms with Gasteiger partial charge in [-0.05, 0) is 43.7 Å². The average Bonchev–Trinajstić information content (AvgIpc) is 3.06. The summed E-state index contributed by atoms with van der Waals surface area (Å²) in [6.45, 7) is 2.54. The molecule has 5 heteroatoms. The lowest BCUT2D eigenvalue weighted by Crippen LogP contribution is -2.42. The minimum Gasteiger partial charge on any atom is -0.366 e. The van der Waals surface area contributed by atoms with Crippen LogP contribution in [0.1, 0.15) is 25.7 Å². The van der Waals surface area contributed by atoms with E-state index in [1.54, 1.807) is 17.7 Å². The summed E-state index contributed by atoms with van der Waals surface area (Å²) >= 11 is 1.72. The number of fused-ring (bicyclic) bond motifs is 2. The van der Waals surface area contributed by atoms with Crippen molar-refractivity contribution in [2.45, 2.75) is 37.8 Å². The molecule has 2 atom stereocenters.